The molecule has 0 fully saturated rings. The minimum atomic E-state index is -0.443. The zero-order valence-corrected chi connectivity index (χ0v) is 9.64. The molecule has 1 rings (SSSR count). The van der Waals surface area contributed by atoms with Crippen LogP contribution in [-0.4, -0.2) is 22.9 Å². The third-order valence-corrected chi connectivity index (χ3v) is 2.66. The number of benzene rings is 1. The quantitative estimate of drug-likeness (QED) is 0.471. The van der Waals surface area contributed by atoms with Crippen LogP contribution in [0.25, 0.3) is 0 Å². The van der Waals surface area contributed by atoms with E-state index in [9.17, 15) is 10.1 Å². The molecule has 0 bridgehead atoms. The van der Waals surface area contributed by atoms with Crippen molar-refractivity contribution in [1.82, 2.24) is 4.90 Å². The lowest BCUT2D eigenvalue weighted by molar-refractivity contribution is -0.384. The topological polar surface area (TPSA) is 72.4 Å². The molecule has 2 N–H and O–H groups in total. The van der Waals surface area contributed by atoms with Crippen molar-refractivity contribution in [1.29, 1.82) is 0 Å². The molecule has 0 saturated carbocycles. The van der Waals surface area contributed by atoms with Gasteiger partial charge in [0.1, 0.15) is 5.69 Å². The summed E-state index contributed by atoms with van der Waals surface area (Å²) in [6, 6.07) is 4.94. The first-order valence-electron chi connectivity index (χ1n) is 5.34. The molecule has 0 aromatic heterocycles. The lowest BCUT2D eigenvalue weighted by Gasteiger charge is -2.18. The molecule has 5 nitrogen and oxygen atoms in total. The Kier molecular flexibility index (Phi) is 4.25. The molecule has 0 aliphatic carbocycles. The summed E-state index contributed by atoms with van der Waals surface area (Å²) < 4.78 is 0. The second-order valence-corrected chi connectivity index (χ2v) is 3.57. The minimum absolute atomic E-state index is 0.00958. The number of nitro benzene ring substituents is 1. The first-order chi connectivity index (χ1) is 7.60. The van der Waals surface area contributed by atoms with E-state index in [-0.39, 0.29) is 11.4 Å². The summed E-state index contributed by atoms with van der Waals surface area (Å²) in [5, 5.41) is 10.7. The van der Waals surface area contributed by atoms with Gasteiger partial charge in [0.05, 0.1) is 4.92 Å². The maximum absolute atomic E-state index is 10.7. The van der Waals surface area contributed by atoms with Crippen LogP contribution in [0.5, 0.6) is 0 Å². The van der Waals surface area contributed by atoms with Gasteiger partial charge in [-0.3, -0.25) is 15.0 Å². The van der Waals surface area contributed by atoms with E-state index in [0.717, 1.165) is 18.7 Å². The van der Waals surface area contributed by atoms with Crippen molar-refractivity contribution in [2.75, 3.05) is 18.8 Å². The van der Waals surface area contributed by atoms with Gasteiger partial charge in [-0.15, -0.1) is 0 Å². The van der Waals surface area contributed by atoms with E-state index in [1.807, 2.05) is 6.07 Å². The highest BCUT2D eigenvalue weighted by Gasteiger charge is 2.15. The Balaban J connectivity index is 2.97. The Morgan fingerprint density at radius 1 is 1.38 bits per heavy atom. The van der Waals surface area contributed by atoms with Crippen molar-refractivity contribution in [2.24, 2.45) is 0 Å². The Bertz CT molecular complexity index is 375. The third-order valence-electron chi connectivity index (χ3n) is 2.66. The predicted molar refractivity (Wildman–Crippen MR) is 64.1 cm³/mol. The van der Waals surface area contributed by atoms with Gasteiger partial charge in [-0.05, 0) is 18.7 Å². The Morgan fingerprint density at radius 3 is 2.50 bits per heavy atom. The van der Waals surface area contributed by atoms with Crippen LogP contribution in [0.1, 0.15) is 19.4 Å². The number of anilines is 1. The van der Waals surface area contributed by atoms with Gasteiger partial charge in [0, 0.05) is 12.6 Å². The van der Waals surface area contributed by atoms with E-state index in [4.69, 9.17) is 5.73 Å². The lowest BCUT2D eigenvalue weighted by atomic mass is 10.1. The highest BCUT2D eigenvalue weighted by molar-refractivity contribution is 5.62. The fourth-order valence-electron chi connectivity index (χ4n) is 1.58. The zero-order valence-electron chi connectivity index (χ0n) is 9.64. The minimum Gasteiger partial charge on any atom is -0.393 e. The molecule has 0 unspecified atom stereocenters. The second-order valence-electron chi connectivity index (χ2n) is 3.57. The van der Waals surface area contributed by atoms with Crippen LogP contribution in [0.4, 0.5) is 11.4 Å². The van der Waals surface area contributed by atoms with Gasteiger partial charge >= 0.3 is 0 Å². The van der Waals surface area contributed by atoms with Crippen molar-refractivity contribution in [3.63, 3.8) is 0 Å². The number of nitrogens with two attached hydrogens (primary N) is 1. The molecule has 0 atom stereocenters. The molecule has 88 valence electrons. The average molecular weight is 223 g/mol. The normalized spacial score (nSPS) is 10.7. The van der Waals surface area contributed by atoms with Gasteiger partial charge in [0.2, 0.25) is 0 Å². The van der Waals surface area contributed by atoms with Crippen molar-refractivity contribution in [3.05, 3.63) is 33.9 Å². The van der Waals surface area contributed by atoms with Gasteiger partial charge < -0.3 is 5.73 Å². The molecule has 5 heteroatoms. The number of hydrogen-bond acceptors (Lipinski definition) is 4. The van der Waals surface area contributed by atoms with Crippen LogP contribution >= 0.6 is 0 Å². The number of nitrogen functional groups attached to an aromatic ring is 1. The number of nitro groups is 1. The summed E-state index contributed by atoms with van der Waals surface area (Å²) in [5.41, 5.74) is 6.86. The number of nitrogens with zero attached hydrogens (tertiary/aromatic N) is 2. The zero-order chi connectivity index (χ0) is 12.1. The largest absolute Gasteiger partial charge is 0.393 e. The maximum atomic E-state index is 10.7. The van der Waals surface area contributed by atoms with Crippen LogP contribution < -0.4 is 5.73 Å². The Hall–Kier alpha value is -1.62. The van der Waals surface area contributed by atoms with Gasteiger partial charge in [0.25, 0.3) is 5.69 Å². The summed E-state index contributed by atoms with van der Waals surface area (Å²) >= 11 is 0. The molecule has 0 spiro atoms. The number of para-hydroxylation sites is 1. The first kappa shape index (κ1) is 12.4. The highest BCUT2D eigenvalue weighted by atomic mass is 16.6. The average Bonchev–Trinajstić information content (AvgIpc) is 2.27. The molecule has 0 saturated heterocycles. The van der Waals surface area contributed by atoms with Crippen molar-refractivity contribution in [3.8, 4) is 0 Å². The van der Waals surface area contributed by atoms with Crippen LogP contribution in [0, 0.1) is 10.1 Å². The SMILES string of the molecule is CCN(CC)Cc1cccc([N+](=O)[O-])c1N. The molecule has 16 heavy (non-hydrogen) atoms. The molecule has 0 aliphatic rings. The molecule has 0 aliphatic heterocycles. The highest BCUT2D eigenvalue weighted by Crippen LogP contribution is 2.25. The van der Waals surface area contributed by atoms with Crippen LogP contribution in [0.2, 0.25) is 0 Å². The Labute approximate surface area is 95.0 Å². The second kappa shape index (κ2) is 5.46. The van der Waals surface area contributed by atoms with E-state index in [1.54, 1.807) is 6.07 Å². The fourth-order valence-corrected chi connectivity index (χ4v) is 1.58. The molecular formula is C11H17N3O2. The smallest absolute Gasteiger partial charge is 0.292 e. The summed E-state index contributed by atoms with van der Waals surface area (Å²) in [6.07, 6.45) is 0. The van der Waals surface area contributed by atoms with Crippen LogP contribution in [0.3, 0.4) is 0 Å². The lowest BCUT2D eigenvalue weighted by Crippen LogP contribution is -2.22. The van der Waals surface area contributed by atoms with Crippen LogP contribution in [-0.2, 0) is 6.54 Å². The van der Waals surface area contributed by atoms with Crippen molar-refractivity contribution >= 4 is 11.4 Å². The predicted octanol–water partition coefficient (Wildman–Crippen LogP) is 2.02. The number of hydrogen-bond donors (Lipinski definition) is 1. The molecule has 1 aromatic rings. The van der Waals surface area contributed by atoms with Crippen molar-refractivity contribution < 1.29 is 4.92 Å². The number of rotatable bonds is 5. The standard InChI is InChI=1S/C11H17N3O2/c1-3-13(4-2)8-9-6-5-7-10(11(9)12)14(15)16/h5-7H,3-4,8,12H2,1-2H3. The van der Waals surface area contributed by atoms with Gasteiger partial charge in [0.15, 0.2) is 0 Å². The summed E-state index contributed by atoms with van der Waals surface area (Å²) in [5.74, 6) is 0. The summed E-state index contributed by atoms with van der Waals surface area (Å²) in [7, 11) is 0. The molecule has 0 amide bonds. The summed E-state index contributed by atoms with van der Waals surface area (Å²) in [4.78, 5) is 12.4. The maximum Gasteiger partial charge on any atom is 0.292 e. The molecule has 0 heterocycles. The molecule has 0 radical (unpaired) electrons. The fraction of sp³-hybridized carbons (Fsp3) is 0.455. The third kappa shape index (κ3) is 2.70. The van der Waals surface area contributed by atoms with Crippen molar-refractivity contribution in [2.45, 2.75) is 20.4 Å². The van der Waals surface area contributed by atoms with Gasteiger partial charge in [-0.25, -0.2) is 0 Å². The Morgan fingerprint density at radius 2 is 2.00 bits per heavy atom. The van der Waals surface area contributed by atoms with E-state index < -0.39 is 4.92 Å². The van der Waals surface area contributed by atoms with E-state index >= 15 is 0 Å². The summed E-state index contributed by atoms with van der Waals surface area (Å²) in [6.45, 7) is 6.56. The van der Waals surface area contributed by atoms with E-state index in [1.165, 1.54) is 6.07 Å². The van der Waals surface area contributed by atoms with Gasteiger partial charge in [-0.2, -0.15) is 0 Å². The van der Waals surface area contributed by atoms with Crippen LogP contribution in [0.15, 0.2) is 18.2 Å². The van der Waals surface area contributed by atoms with E-state index in [0.29, 0.717) is 6.54 Å². The molecule has 1 aromatic carbocycles. The monoisotopic (exact) mass is 223 g/mol. The van der Waals surface area contributed by atoms with Gasteiger partial charge in [-0.1, -0.05) is 26.0 Å². The molecular weight excluding hydrogens is 206 g/mol. The van der Waals surface area contributed by atoms with E-state index in [2.05, 4.69) is 18.7 Å². The first-order valence-corrected chi connectivity index (χ1v) is 5.34.